The van der Waals surface area contributed by atoms with Crippen LogP contribution < -0.4 is 10.6 Å². The Balaban J connectivity index is 1.59. The number of nitrogens with one attached hydrogen (secondary N) is 3. The van der Waals surface area contributed by atoms with Crippen LogP contribution in [0.1, 0.15) is 23.1 Å². The number of aromatic amines is 1. The Morgan fingerprint density at radius 3 is 2.84 bits per heavy atom. The van der Waals surface area contributed by atoms with Crippen molar-refractivity contribution in [1.82, 2.24) is 15.3 Å². The number of anilines is 1. The van der Waals surface area contributed by atoms with Crippen molar-refractivity contribution in [2.45, 2.75) is 13.3 Å². The SMILES string of the molecule is CC(=O)Nc1cccc(C(=O)NCCc2nc3ccc(F)cc3[nH]2)c1. The van der Waals surface area contributed by atoms with Crippen LogP contribution in [0.3, 0.4) is 0 Å². The van der Waals surface area contributed by atoms with Gasteiger partial charge in [0.2, 0.25) is 5.91 Å². The summed E-state index contributed by atoms with van der Waals surface area (Å²) in [5.74, 6) is -0.0869. The first-order valence-electron chi connectivity index (χ1n) is 7.81. The Morgan fingerprint density at radius 1 is 1.20 bits per heavy atom. The van der Waals surface area contributed by atoms with Gasteiger partial charge >= 0.3 is 0 Å². The molecule has 0 radical (unpaired) electrons. The molecule has 0 unspecified atom stereocenters. The van der Waals surface area contributed by atoms with Gasteiger partial charge in [-0.3, -0.25) is 9.59 Å². The third-order valence-electron chi connectivity index (χ3n) is 3.59. The molecule has 2 amide bonds. The maximum absolute atomic E-state index is 13.2. The van der Waals surface area contributed by atoms with Crippen LogP contribution in [0, 0.1) is 5.82 Å². The standard InChI is InChI=1S/C18H17FN4O2/c1-11(24)21-14-4-2-3-12(9-14)18(25)20-8-7-17-22-15-6-5-13(19)10-16(15)23-17/h2-6,9-10H,7-8H2,1H3,(H,20,25)(H,21,24)(H,22,23). The van der Waals surface area contributed by atoms with Crippen molar-refractivity contribution in [3.8, 4) is 0 Å². The number of carbonyl (C=O) groups excluding carboxylic acids is 2. The van der Waals surface area contributed by atoms with Gasteiger partial charge in [-0.1, -0.05) is 6.07 Å². The fourth-order valence-corrected chi connectivity index (χ4v) is 2.49. The minimum atomic E-state index is -0.324. The molecule has 1 heterocycles. The van der Waals surface area contributed by atoms with E-state index in [1.165, 1.54) is 19.1 Å². The number of aromatic nitrogens is 2. The molecule has 25 heavy (non-hydrogen) atoms. The smallest absolute Gasteiger partial charge is 0.251 e. The third-order valence-corrected chi connectivity index (χ3v) is 3.59. The molecule has 3 aromatic rings. The lowest BCUT2D eigenvalue weighted by Gasteiger charge is -2.06. The van der Waals surface area contributed by atoms with Crippen molar-refractivity contribution >= 4 is 28.5 Å². The summed E-state index contributed by atoms with van der Waals surface area (Å²) in [5, 5.41) is 5.43. The van der Waals surface area contributed by atoms with E-state index < -0.39 is 0 Å². The average molecular weight is 340 g/mol. The molecule has 6 nitrogen and oxygen atoms in total. The van der Waals surface area contributed by atoms with Crippen LogP contribution in [0.4, 0.5) is 10.1 Å². The molecule has 0 fully saturated rings. The highest BCUT2D eigenvalue weighted by Gasteiger charge is 2.08. The Hall–Kier alpha value is -3.22. The van der Waals surface area contributed by atoms with Crippen LogP contribution >= 0.6 is 0 Å². The second kappa shape index (κ2) is 7.12. The zero-order valence-corrected chi connectivity index (χ0v) is 13.6. The van der Waals surface area contributed by atoms with E-state index in [4.69, 9.17) is 0 Å². The van der Waals surface area contributed by atoms with Gasteiger partial charge in [0.15, 0.2) is 0 Å². The van der Waals surface area contributed by atoms with E-state index in [2.05, 4.69) is 20.6 Å². The van der Waals surface area contributed by atoms with E-state index in [0.717, 1.165) is 0 Å². The number of H-pyrrole nitrogens is 1. The summed E-state index contributed by atoms with van der Waals surface area (Å²) in [6.07, 6.45) is 0.493. The fourth-order valence-electron chi connectivity index (χ4n) is 2.49. The summed E-state index contributed by atoms with van der Waals surface area (Å²) in [6.45, 7) is 1.79. The van der Waals surface area contributed by atoms with Crippen LogP contribution in [0.15, 0.2) is 42.5 Å². The molecule has 1 aromatic heterocycles. The van der Waals surface area contributed by atoms with Crippen LogP contribution in [0.5, 0.6) is 0 Å². The number of rotatable bonds is 5. The highest BCUT2D eigenvalue weighted by Crippen LogP contribution is 2.13. The number of fused-ring (bicyclic) bond motifs is 1. The van der Waals surface area contributed by atoms with Crippen molar-refractivity contribution in [1.29, 1.82) is 0 Å². The molecule has 0 saturated heterocycles. The van der Waals surface area contributed by atoms with E-state index in [9.17, 15) is 14.0 Å². The molecule has 0 spiro atoms. The molecule has 3 rings (SSSR count). The first-order chi connectivity index (χ1) is 12.0. The molecule has 7 heteroatoms. The normalized spacial score (nSPS) is 10.6. The quantitative estimate of drug-likeness (QED) is 0.667. The maximum Gasteiger partial charge on any atom is 0.251 e. The molecule has 128 valence electrons. The number of imidazole rings is 1. The average Bonchev–Trinajstić information content (AvgIpc) is 2.96. The van der Waals surface area contributed by atoms with Gasteiger partial charge in [0.25, 0.3) is 5.91 Å². The number of hydrogen-bond donors (Lipinski definition) is 3. The van der Waals surface area contributed by atoms with Gasteiger partial charge in [0, 0.05) is 31.1 Å². The zero-order valence-electron chi connectivity index (χ0n) is 13.6. The lowest BCUT2D eigenvalue weighted by Crippen LogP contribution is -2.26. The number of nitrogens with zero attached hydrogens (tertiary/aromatic N) is 1. The fraction of sp³-hybridized carbons (Fsp3) is 0.167. The number of carbonyl (C=O) groups is 2. The lowest BCUT2D eigenvalue weighted by molar-refractivity contribution is -0.114. The van der Waals surface area contributed by atoms with Gasteiger partial charge in [0.1, 0.15) is 11.6 Å². The van der Waals surface area contributed by atoms with Gasteiger partial charge < -0.3 is 15.6 Å². The van der Waals surface area contributed by atoms with Crippen molar-refractivity contribution in [2.24, 2.45) is 0 Å². The van der Waals surface area contributed by atoms with Crippen molar-refractivity contribution in [2.75, 3.05) is 11.9 Å². The van der Waals surface area contributed by atoms with E-state index in [1.807, 2.05) is 0 Å². The number of amides is 2. The molecule has 0 atom stereocenters. The Morgan fingerprint density at radius 2 is 2.04 bits per heavy atom. The van der Waals surface area contributed by atoms with E-state index in [1.54, 1.807) is 30.3 Å². The van der Waals surface area contributed by atoms with Gasteiger partial charge in [-0.2, -0.15) is 0 Å². The Bertz CT molecular complexity index is 936. The molecule has 0 aliphatic rings. The highest BCUT2D eigenvalue weighted by molar-refractivity contribution is 5.96. The summed E-state index contributed by atoms with van der Waals surface area (Å²) in [4.78, 5) is 30.6. The zero-order chi connectivity index (χ0) is 17.8. The number of hydrogen-bond acceptors (Lipinski definition) is 3. The first kappa shape index (κ1) is 16.6. The van der Waals surface area contributed by atoms with Gasteiger partial charge in [0.05, 0.1) is 11.0 Å². The van der Waals surface area contributed by atoms with Gasteiger partial charge in [-0.05, 0) is 36.4 Å². The maximum atomic E-state index is 13.2. The van der Waals surface area contributed by atoms with E-state index in [-0.39, 0.29) is 17.6 Å². The predicted octanol–water partition coefficient (Wildman–Crippen LogP) is 2.63. The molecule has 0 aliphatic heterocycles. The molecule has 0 saturated carbocycles. The van der Waals surface area contributed by atoms with Crippen molar-refractivity contribution in [3.05, 3.63) is 59.7 Å². The Labute approximate surface area is 143 Å². The predicted molar refractivity (Wildman–Crippen MR) is 92.8 cm³/mol. The number of benzene rings is 2. The molecule has 0 bridgehead atoms. The lowest BCUT2D eigenvalue weighted by atomic mass is 10.2. The van der Waals surface area contributed by atoms with Crippen LogP contribution in [0.2, 0.25) is 0 Å². The van der Waals surface area contributed by atoms with E-state index in [0.29, 0.717) is 41.1 Å². The molecular formula is C18H17FN4O2. The molecule has 2 aromatic carbocycles. The summed E-state index contributed by atoms with van der Waals surface area (Å²) >= 11 is 0. The summed E-state index contributed by atoms with van der Waals surface area (Å²) in [5.41, 5.74) is 2.34. The minimum absolute atomic E-state index is 0.195. The minimum Gasteiger partial charge on any atom is -0.352 e. The van der Waals surface area contributed by atoms with Crippen molar-refractivity contribution in [3.63, 3.8) is 0 Å². The van der Waals surface area contributed by atoms with Gasteiger partial charge in [-0.15, -0.1) is 0 Å². The summed E-state index contributed by atoms with van der Waals surface area (Å²) in [7, 11) is 0. The van der Waals surface area contributed by atoms with Crippen molar-refractivity contribution < 1.29 is 14.0 Å². The summed E-state index contributed by atoms with van der Waals surface area (Å²) < 4.78 is 13.2. The second-order valence-corrected chi connectivity index (χ2v) is 5.61. The largest absolute Gasteiger partial charge is 0.352 e. The first-order valence-corrected chi connectivity index (χ1v) is 7.81. The van der Waals surface area contributed by atoms with Gasteiger partial charge in [-0.25, -0.2) is 9.37 Å². The third kappa shape index (κ3) is 4.20. The monoisotopic (exact) mass is 340 g/mol. The van der Waals surface area contributed by atoms with Crippen LogP contribution in [-0.2, 0) is 11.2 Å². The van der Waals surface area contributed by atoms with E-state index >= 15 is 0 Å². The van der Waals surface area contributed by atoms with Crippen LogP contribution in [-0.4, -0.2) is 28.3 Å². The molecule has 3 N–H and O–H groups in total. The van der Waals surface area contributed by atoms with Crippen LogP contribution in [0.25, 0.3) is 11.0 Å². The molecule has 0 aliphatic carbocycles. The topological polar surface area (TPSA) is 86.9 Å². The highest BCUT2D eigenvalue weighted by atomic mass is 19.1. The Kier molecular flexibility index (Phi) is 4.74. The second-order valence-electron chi connectivity index (χ2n) is 5.61. The number of halogens is 1. The molecular weight excluding hydrogens is 323 g/mol. The summed E-state index contributed by atoms with van der Waals surface area (Å²) in [6, 6.07) is 11.1.